The lowest BCUT2D eigenvalue weighted by Crippen LogP contribution is -2.13. The first-order valence-corrected chi connectivity index (χ1v) is 5.63. The van der Waals surface area contributed by atoms with E-state index >= 15 is 0 Å². The summed E-state index contributed by atoms with van der Waals surface area (Å²) in [7, 11) is 0. The third kappa shape index (κ3) is 1.80. The Kier molecular flexibility index (Phi) is 2.18. The molecule has 0 radical (unpaired) electrons. The molecule has 3 nitrogen and oxygen atoms in total. The van der Waals surface area contributed by atoms with Crippen molar-refractivity contribution in [1.29, 1.82) is 0 Å². The van der Waals surface area contributed by atoms with Crippen LogP contribution in [0.25, 0.3) is 0 Å². The maximum atomic E-state index is 9.49. The number of nitrogens with zero attached hydrogens (tertiary/aromatic N) is 1. The van der Waals surface area contributed by atoms with Crippen LogP contribution in [-0.2, 0) is 13.1 Å². The van der Waals surface area contributed by atoms with E-state index in [1.807, 2.05) is 24.3 Å². The fourth-order valence-corrected chi connectivity index (χ4v) is 2.29. The Bertz CT molecular complexity index is 566. The van der Waals surface area contributed by atoms with E-state index in [1.165, 1.54) is 11.1 Å². The number of phenols is 1. The van der Waals surface area contributed by atoms with Crippen LogP contribution in [-0.4, -0.2) is 5.11 Å². The number of nitrogens with two attached hydrogens (primary N) is 1. The van der Waals surface area contributed by atoms with Gasteiger partial charge in [0.25, 0.3) is 0 Å². The Morgan fingerprint density at radius 1 is 1.00 bits per heavy atom. The van der Waals surface area contributed by atoms with Crippen molar-refractivity contribution in [3.63, 3.8) is 0 Å². The van der Waals surface area contributed by atoms with Crippen LogP contribution in [0.1, 0.15) is 11.1 Å². The largest absolute Gasteiger partial charge is 0.508 e. The van der Waals surface area contributed by atoms with Crippen LogP contribution >= 0.6 is 0 Å². The molecule has 0 aliphatic carbocycles. The summed E-state index contributed by atoms with van der Waals surface area (Å²) < 4.78 is 0. The van der Waals surface area contributed by atoms with E-state index in [2.05, 4.69) is 11.0 Å². The Balaban J connectivity index is 1.91. The van der Waals surface area contributed by atoms with Crippen molar-refractivity contribution in [2.45, 2.75) is 13.1 Å². The van der Waals surface area contributed by atoms with Gasteiger partial charge >= 0.3 is 0 Å². The minimum atomic E-state index is 0.304. The van der Waals surface area contributed by atoms with Crippen LogP contribution in [0, 0.1) is 0 Å². The lowest BCUT2D eigenvalue weighted by molar-refractivity contribution is 0.475. The summed E-state index contributed by atoms with van der Waals surface area (Å²) in [5.74, 6) is 0.304. The van der Waals surface area contributed by atoms with E-state index in [-0.39, 0.29) is 0 Å². The summed E-state index contributed by atoms with van der Waals surface area (Å²) in [5.41, 5.74) is 10.2. The van der Waals surface area contributed by atoms with Gasteiger partial charge in [-0.05, 0) is 35.4 Å². The van der Waals surface area contributed by atoms with Gasteiger partial charge in [0, 0.05) is 30.5 Å². The quantitative estimate of drug-likeness (QED) is 0.734. The predicted molar refractivity (Wildman–Crippen MR) is 68.8 cm³/mol. The second-order valence-corrected chi connectivity index (χ2v) is 4.40. The van der Waals surface area contributed by atoms with Gasteiger partial charge < -0.3 is 15.7 Å². The molecule has 1 heterocycles. The van der Waals surface area contributed by atoms with Crippen LogP contribution in [0.2, 0.25) is 0 Å². The zero-order chi connectivity index (χ0) is 11.8. The number of aromatic hydroxyl groups is 1. The lowest BCUT2D eigenvalue weighted by Gasteiger charge is -2.17. The van der Waals surface area contributed by atoms with Gasteiger partial charge in [-0.3, -0.25) is 0 Å². The summed E-state index contributed by atoms with van der Waals surface area (Å²) in [5, 5.41) is 9.49. The van der Waals surface area contributed by atoms with Crippen molar-refractivity contribution >= 4 is 11.4 Å². The van der Waals surface area contributed by atoms with Crippen molar-refractivity contribution in [1.82, 2.24) is 0 Å². The fourth-order valence-electron chi connectivity index (χ4n) is 2.29. The first-order valence-electron chi connectivity index (χ1n) is 5.63. The number of nitrogen functional groups attached to an aromatic ring is 1. The molecule has 0 atom stereocenters. The number of hydrogen-bond acceptors (Lipinski definition) is 3. The standard InChI is InChI=1S/C14H14N2O/c15-12-5-4-10-8-16(9-11(10)6-12)13-2-1-3-14(17)7-13/h1-7,17H,8-9,15H2. The van der Waals surface area contributed by atoms with E-state index in [1.54, 1.807) is 12.1 Å². The molecule has 0 unspecified atom stereocenters. The van der Waals surface area contributed by atoms with Crippen LogP contribution in [0.5, 0.6) is 5.75 Å². The number of anilines is 2. The average molecular weight is 226 g/mol. The zero-order valence-electron chi connectivity index (χ0n) is 9.43. The molecule has 3 heteroatoms. The topological polar surface area (TPSA) is 49.5 Å². The van der Waals surface area contributed by atoms with Crippen molar-refractivity contribution in [2.75, 3.05) is 10.6 Å². The van der Waals surface area contributed by atoms with Crippen LogP contribution < -0.4 is 10.6 Å². The highest BCUT2D eigenvalue weighted by atomic mass is 16.3. The smallest absolute Gasteiger partial charge is 0.117 e. The summed E-state index contributed by atoms with van der Waals surface area (Å²) in [6.07, 6.45) is 0. The Morgan fingerprint density at radius 2 is 1.82 bits per heavy atom. The molecule has 1 aliphatic heterocycles. The predicted octanol–water partition coefficient (Wildman–Crippen LogP) is 2.49. The molecule has 0 saturated carbocycles. The average Bonchev–Trinajstić information content (AvgIpc) is 2.72. The molecule has 2 aromatic carbocycles. The molecule has 86 valence electrons. The van der Waals surface area contributed by atoms with Crippen LogP contribution in [0.15, 0.2) is 42.5 Å². The number of phenolic OH excluding ortho intramolecular Hbond substituents is 1. The minimum Gasteiger partial charge on any atom is -0.508 e. The van der Waals surface area contributed by atoms with E-state index in [4.69, 9.17) is 5.73 Å². The van der Waals surface area contributed by atoms with E-state index in [0.29, 0.717) is 5.75 Å². The maximum Gasteiger partial charge on any atom is 0.117 e. The van der Waals surface area contributed by atoms with Crippen molar-refractivity contribution < 1.29 is 5.11 Å². The Hall–Kier alpha value is -2.16. The van der Waals surface area contributed by atoms with Gasteiger partial charge in [0.2, 0.25) is 0 Å². The van der Waals surface area contributed by atoms with Gasteiger partial charge in [-0.1, -0.05) is 12.1 Å². The Morgan fingerprint density at radius 3 is 2.65 bits per heavy atom. The third-order valence-corrected chi connectivity index (χ3v) is 3.15. The summed E-state index contributed by atoms with van der Waals surface area (Å²) in [4.78, 5) is 2.23. The minimum absolute atomic E-state index is 0.304. The highest BCUT2D eigenvalue weighted by Crippen LogP contribution is 2.30. The van der Waals surface area contributed by atoms with Crippen molar-refractivity contribution in [3.8, 4) is 5.75 Å². The molecule has 3 rings (SSSR count). The van der Waals surface area contributed by atoms with Gasteiger partial charge in [0.15, 0.2) is 0 Å². The van der Waals surface area contributed by atoms with Gasteiger partial charge in [-0.15, -0.1) is 0 Å². The molecule has 0 spiro atoms. The molecular weight excluding hydrogens is 212 g/mol. The monoisotopic (exact) mass is 226 g/mol. The van der Waals surface area contributed by atoms with E-state index < -0.39 is 0 Å². The van der Waals surface area contributed by atoms with E-state index in [9.17, 15) is 5.11 Å². The summed E-state index contributed by atoms with van der Waals surface area (Å²) >= 11 is 0. The first-order chi connectivity index (χ1) is 8.22. The van der Waals surface area contributed by atoms with Gasteiger partial charge in [0.1, 0.15) is 5.75 Å². The van der Waals surface area contributed by atoms with Gasteiger partial charge in [0.05, 0.1) is 0 Å². The first kappa shape index (κ1) is 10.0. The number of hydrogen-bond donors (Lipinski definition) is 2. The molecule has 0 aromatic heterocycles. The number of rotatable bonds is 1. The second-order valence-electron chi connectivity index (χ2n) is 4.40. The Labute approximate surface area is 100 Å². The molecular formula is C14H14N2O. The molecule has 2 aromatic rings. The molecule has 3 N–H and O–H groups in total. The van der Waals surface area contributed by atoms with E-state index in [0.717, 1.165) is 24.5 Å². The fraction of sp³-hybridized carbons (Fsp3) is 0.143. The molecule has 0 fully saturated rings. The number of benzene rings is 2. The molecule has 0 bridgehead atoms. The zero-order valence-corrected chi connectivity index (χ0v) is 9.43. The second kappa shape index (κ2) is 3.70. The highest BCUT2D eigenvalue weighted by molar-refractivity contribution is 5.56. The maximum absolute atomic E-state index is 9.49. The SMILES string of the molecule is Nc1ccc2c(c1)CN(c1cccc(O)c1)C2. The molecule has 1 aliphatic rings. The molecule has 0 saturated heterocycles. The molecule has 17 heavy (non-hydrogen) atoms. The summed E-state index contributed by atoms with van der Waals surface area (Å²) in [6.45, 7) is 1.73. The van der Waals surface area contributed by atoms with Crippen LogP contribution in [0.3, 0.4) is 0 Å². The normalized spacial score (nSPS) is 13.8. The number of fused-ring (bicyclic) bond motifs is 1. The summed E-state index contributed by atoms with van der Waals surface area (Å²) in [6, 6.07) is 13.4. The third-order valence-electron chi connectivity index (χ3n) is 3.15. The van der Waals surface area contributed by atoms with Gasteiger partial charge in [-0.2, -0.15) is 0 Å². The van der Waals surface area contributed by atoms with Crippen molar-refractivity contribution in [2.24, 2.45) is 0 Å². The molecule has 0 amide bonds. The van der Waals surface area contributed by atoms with Crippen LogP contribution in [0.4, 0.5) is 11.4 Å². The highest BCUT2D eigenvalue weighted by Gasteiger charge is 2.19. The lowest BCUT2D eigenvalue weighted by atomic mass is 10.1. The van der Waals surface area contributed by atoms with Crippen molar-refractivity contribution in [3.05, 3.63) is 53.6 Å². The van der Waals surface area contributed by atoms with Gasteiger partial charge in [-0.25, -0.2) is 0 Å².